The number of ether oxygens (including phenoxy) is 3. The van der Waals surface area contributed by atoms with Gasteiger partial charge in [0.15, 0.2) is 0 Å². The second-order valence-electron chi connectivity index (χ2n) is 8.00. The van der Waals surface area contributed by atoms with Crippen LogP contribution in [-0.2, 0) is 16.1 Å². The van der Waals surface area contributed by atoms with Crippen LogP contribution in [0.3, 0.4) is 0 Å². The molecular weight excluding hydrogens is 460 g/mol. The molecule has 2 amide bonds. The summed E-state index contributed by atoms with van der Waals surface area (Å²) in [6.45, 7) is 4.79. The van der Waals surface area contributed by atoms with Crippen LogP contribution in [0.2, 0.25) is 0 Å². The number of carbonyl (C=O) groups is 3. The van der Waals surface area contributed by atoms with E-state index in [2.05, 4.69) is 10.6 Å². The fourth-order valence-electron chi connectivity index (χ4n) is 3.17. The van der Waals surface area contributed by atoms with Crippen LogP contribution in [-0.4, -0.2) is 31.2 Å². The number of rotatable bonds is 11. The Kier molecular flexibility index (Phi) is 9.88. The molecule has 0 heterocycles. The highest BCUT2D eigenvalue weighted by molar-refractivity contribution is 6.04. The van der Waals surface area contributed by atoms with Gasteiger partial charge in [0, 0.05) is 24.2 Å². The monoisotopic (exact) mass is 490 g/mol. The largest absolute Gasteiger partial charge is 0.513 e. The van der Waals surface area contributed by atoms with Crippen LogP contribution < -0.4 is 20.1 Å². The zero-order valence-electron chi connectivity index (χ0n) is 20.4. The summed E-state index contributed by atoms with van der Waals surface area (Å²) in [6, 6.07) is 21.2. The Morgan fingerprint density at radius 3 is 2.17 bits per heavy atom. The molecular formula is C28H30N2O6. The molecule has 3 aromatic carbocycles. The zero-order chi connectivity index (χ0) is 25.8. The van der Waals surface area contributed by atoms with E-state index in [1.807, 2.05) is 43.3 Å². The van der Waals surface area contributed by atoms with E-state index in [0.29, 0.717) is 37.2 Å². The first-order valence-electron chi connectivity index (χ1n) is 11.7. The lowest BCUT2D eigenvalue weighted by Gasteiger charge is -2.09. The second kappa shape index (κ2) is 13.5. The van der Waals surface area contributed by atoms with Gasteiger partial charge in [0.1, 0.15) is 11.5 Å². The minimum absolute atomic E-state index is 0.0460. The SMILES string of the molecule is CCOC(=O)Oc1ccc(C(=O)Nc2ccc(CNC(=O)CCCOc3ccc(C)cc3)cc2)cc1. The summed E-state index contributed by atoms with van der Waals surface area (Å²) in [5.41, 5.74) is 3.12. The Balaban J connectivity index is 1.37. The lowest BCUT2D eigenvalue weighted by atomic mass is 10.1. The summed E-state index contributed by atoms with van der Waals surface area (Å²) in [7, 11) is 0. The maximum Gasteiger partial charge on any atom is 0.513 e. The fraction of sp³-hybridized carbons (Fsp3) is 0.250. The van der Waals surface area contributed by atoms with Gasteiger partial charge < -0.3 is 24.8 Å². The first-order valence-corrected chi connectivity index (χ1v) is 11.7. The molecule has 0 aliphatic carbocycles. The molecule has 0 fully saturated rings. The number of carbonyl (C=O) groups excluding carboxylic acids is 3. The van der Waals surface area contributed by atoms with Gasteiger partial charge in [0.25, 0.3) is 5.91 Å². The Morgan fingerprint density at radius 1 is 0.833 bits per heavy atom. The third kappa shape index (κ3) is 8.79. The van der Waals surface area contributed by atoms with E-state index in [1.165, 1.54) is 17.7 Å². The molecule has 0 aromatic heterocycles. The quantitative estimate of drug-likeness (QED) is 0.216. The molecule has 8 nitrogen and oxygen atoms in total. The van der Waals surface area contributed by atoms with Crippen molar-refractivity contribution in [3.63, 3.8) is 0 Å². The van der Waals surface area contributed by atoms with E-state index in [4.69, 9.17) is 14.2 Å². The summed E-state index contributed by atoms with van der Waals surface area (Å²) in [5.74, 6) is 0.741. The van der Waals surface area contributed by atoms with Gasteiger partial charge in [-0.25, -0.2) is 4.79 Å². The second-order valence-corrected chi connectivity index (χ2v) is 8.00. The van der Waals surface area contributed by atoms with E-state index in [1.54, 1.807) is 31.2 Å². The molecule has 188 valence electrons. The minimum Gasteiger partial charge on any atom is -0.494 e. The standard InChI is InChI=1S/C28H30N2O6/c1-3-34-28(33)36-25-16-10-22(11-17-25)27(32)30-23-12-8-21(9-13-23)19-29-26(31)5-4-18-35-24-14-6-20(2)7-15-24/h6-17H,3-5,18-19H2,1-2H3,(H,29,31)(H,30,32). The van der Waals surface area contributed by atoms with Gasteiger partial charge in [-0.1, -0.05) is 29.8 Å². The molecule has 0 saturated heterocycles. The molecule has 0 aliphatic rings. The molecule has 36 heavy (non-hydrogen) atoms. The Labute approximate surface area is 210 Å². The van der Waals surface area contributed by atoms with Gasteiger partial charge in [-0.2, -0.15) is 0 Å². The molecule has 0 aliphatic heterocycles. The number of amides is 2. The zero-order valence-corrected chi connectivity index (χ0v) is 20.4. The Hall–Kier alpha value is -4.33. The van der Waals surface area contributed by atoms with Gasteiger partial charge in [0.05, 0.1) is 13.2 Å². The predicted octanol–water partition coefficient (Wildman–Crippen LogP) is 5.26. The Morgan fingerprint density at radius 2 is 1.50 bits per heavy atom. The van der Waals surface area contributed by atoms with Crippen LogP contribution in [0.4, 0.5) is 10.5 Å². The molecule has 0 saturated carbocycles. The van der Waals surface area contributed by atoms with Crippen LogP contribution in [0.1, 0.15) is 41.3 Å². The third-order valence-electron chi connectivity index (χ3n) is 5.12. The number of benzene rings is 3. The van der Waals surface area contributed by atoms with Gasteiger partial charge >= 0.3 is 6.16 Å². The third-order valence-corrected chi connectivity index (χ3v) is 5.12. The van der Waals surface area contributed by atoms with Crippen LogP contribution in [0.5, 0.6) is 11.5 Å². The van der Waals surface area contributed by atoms with Crippen molar-refractivity contribution in [1.29, 1.82) is 0 Å². The molecule has 0 atom stereocenters. The highest BCUT2D eigenvalue weighted by Crippen LogP contribution is 2.16. The first-order chi connectivity index (χ1) is 17.4. The number of anilines is 1. The highest BCUT2D eigenvalue weighted by Gasteiger charge is 2.09. The average Bonchev–Trinajstić information content (AvgIpc) is 2.88. The number of hydrogen-bond donors (Lipinski definition) is 2. The average molecular weight is 491 g/mol. The lowest BCUT2D eigenvalue weighted by Crippen LogP contribution is -2.23. The topological polar surface area (TPSA) is 103 Å². The molecule has 0 unspecified atom stereocenters. The van der Waals surface area contributed by atoms with Crippen molar-refractivity contribution in [1.82, 2.24) is 5.32 Å². The molecule has 2 N–H and O–H groups in total. The van der Waals surface area contributed by atoms with E-state index < -0.39 is 6.16 Å². The minimum atomic E-state index is -0.793. The van der Waals surface area contributed by atoms with Crippen LogP contribution >= 0.6 is 0 Å². The fourth-order valence-corrected chi connectivity index (χ4v) is 3.17. The van der Waals surface area contributed by atoms with E-state index in [-0.39, 0.29) is 24.2 Å². The van der Waals surface area contributed by atoms with Crippen molar-refractivity contribution < 1.29 is 28.6 Å². The van der Waals surface area contributed by atoms with Gasteiger partial charge in [-0.3, -0.25) is 9.59 Å². The van der Waals surface area contributed by atoms with E-state index in [9.17, 15) is 14.4 Å². The molecule has 8 heteroatoms. The van der Waals surface area contributed by atoms with Crippen molar-refractivity contribution >= 4 is 23.7 Å². The molecule has 0 bridgehead atoms. The number of aryl methyl sites for hydroxylation is 1. The van der Waals surface area contributed by atoms with E-state index >= 15 is 0 Å². The lowest BCUT2D eigenvalue weighted by molar-refractivity contribution is -0.121. The Bertz CT molecular complexity index is 1140. The van der Waals surface area contributed by atoms with Crippen molar-refractivity contribution in [2.45, 2.75) is 33.2 Å². The summed E-state index contributed by atoms with van der Waals surface area (Å²) in [5, 5.41) is 5.70. The van der Waals surface area contributed by atoms with Crippen molar-refractivity contribution in [3.05, 3.63) is 89.5 Å². The smallest absolute Gasteiger partial charge is 0.494 e. The summed E-state index contributed by atoms with van der Waals surface area (Å²) >= 11 is 0. The molecule has 3 rings (SSSR count). The van der Waals surface area contributed by atoms with Crippen molar-refractivity contribution in [2.75, 3.05) is 18.5 Å². The van der Waals surface area contributed by atoms with Gasteiger partial charge in [-0.15, -0.1) is 0 Å². The summed E-state index contributed by atoms with van der Waals surface area (Å²) in [4.78, 5) is 35.9. The molecule has 0 radical (unpaired) electrons. The van der Waals surface area contributed by atoms with Crippen molar-refractivity contribution in [3.8, 4) is 11.5 Å². The summed E-state index contributed by atoms with van der Waals surface area (Å²) < 4.78 is 15.3. The maximum atomic E-state index is 12.5. The first kappa shape index (κ1) is 26.3. The maximum absolute atomic E-state index is 12.5. The molecule has 0 spiro atoms. The van der Waals surface area contributed by atoms with Crippen LogP contribution in [0, 0.1) is 6.92 Å². The summed E-state index contributed by atoms with van der Waals surface area (Å²) in [6.07, 6.45) is 0.211. The predicted molar refractivity (Wildman–Crippen MR) is 136 cm³/mol. The normalized spacial score (nSPS) is 10.3. The number of nitrogens with one attached hydrogen (secondary N) is 2. The van der Waals surface area contributed by atoms with Crippen molar-refractivity contribution in [2.24, 2.45) is 0 Å². The van der Waals surface area contributed by atoms with Gasteiger partial charge in [-0.05, 0) is 74.4 Å². The molecule has 3 aromatic rings. The number of hydrogen-bond acceptors (Lipinski definition) is 6. The van der Waals surface area contributed by atoms with Crippen LogP contribution in [0.25, 0.3) is 0 Å². The highest BCUT2D eigenvalue weighted by atomic mass is 16.7. The van der Waals surface area contributed by atoms with Crippen LogP contribution in [0.15, 0.2) is 72.8 Å². The van der Waals surface area contributed by atoms with E-state index in [0.717, 1.165) is 11.3 Å². The van der Waals surface area contributed by atoms with Gasteiger partial charge in [0.2, 0.25) is 5.91 Å².